The van der Waals surface area contributed by atoms with Gasteiger partial charge in [0.25, 0.3) is 5.69 Å². The van der Waals surface area contributed by atoms with E-state index < -0.39 is 4.92 Å². The molecule has 0 radical (unpaired) electrons. The first-order chi connectivity index (χ1) is 9.38. The van der Waals surface area contributed by atoms with E-state index in [1.165, 1.54) is 6.07 Å². The maximum absolute atomic E-state index is 11.9. The van der Waals surface area contributed by atoms with E-state index in [1.807, 2.05) is 13.8 Å². The Balaban J connectivity index is 2.94. The van der Waals surface area contributed by atoms with Crippen LogP contribution >= 0.6 is 0 Å². The molecule has 3 N–H and O–H groups in total. The molecule has 1 amide bonds. The number of nitrogens with zero attached hydrogens (tertiary/aromatic N) is 1. The van der Waals surface area contributed by atoms with Crippen molar-refractivity contribution in [2.75, 3.05) is 11.9 Å². The first-order valence-corrected chi connectivity index (χ1v) is 6.64. The second kappa shape index (κ2) is 7.00. The van der Waals surface area contributed by atoms with Crippen LogP contribution in [-0.2, 0) is 4.79 Å². The van der Waals surface area contributed by atoms with Crippen LogP contribution in [0.5, 0.6) is 0 Å². The predicted octanol–water partition coefficient (Wildman–Crippen LogP) is 2.53. The number of benzene rings is 1. The largest absolute Gasteiger partial charge is 0.330 e. The first-order valence-electron chi connectivity index (χ1n) is 6.64. The van der Waals surface area contributed by atoms with Crippen LogP contribution in [0, 0.1) is 29.9 Å². The van der Waals surface area contributed by atoms with Crippen LogP contribution in [0.25, 0.3) is 0 Å². The molecule has 1 aromatic carbocycles. The fourth-order valence-electron chi connectivity index (χ4n) is 1.91. The van der Waals surface area contributed by atoms with Crippen LogP contribution < -0.4 is 11.1 Å². The number of rotatable bonds is 6. The second-order valence-electron chi connectivity index (χ2n) is 4.97. The lowest BCUT2D eigenvalue weighted by molar-refractivity contribution is -0.384. The summed E-state index contributed by atoms with van der Waals surface area (Å²) in [6.07, 6.45) is 1.08. The van der Waals surface area contributed by atoms with Gasteiger partial charge in [-0.05, 0) is 43.5 Å². The minimum absolute atomic E-state index is 0.0813. The van der Waals surface area contributed by atoms with Crippen LogP contribution in [0.1, 0.15) is 30.9 Å². The van der Waals surface area contributed by atoms with Crippen molar-refractivity contribution >= 4 is 17.3 Å². The molecule has 1 aromatic rings. The summed E-state index contributed by atoms with van der Waals surface area (Å²) in [5, 5.41) is 13.7. The van der Waals surface area contributed by atoms with Gasteiger partial charge >= 0.3 is 0 Å². The van der Waals surface area contributed by atoms with Gasteiger partial charge in [-0.15, -0.1) is 0 Å². The third-order valence-corrected chi connectivity index (χ3v) is 3.47. The Morgan fingerprint density at radius 1 is 1.40 bits per heavy atom. The molecule has 1 unspecified atom stereocenters. The number of anilines is 1. The van der Waals surface area contributed by atoms with Gasteiger partial charge in [0.2, 0.25) is 5.91 Å². The smallest absolute Gasteiger partial charge is 0.293 e. The monoisotopic (exact) mass is 279 g/mol. The van der Waals surface area contributed by atoms with Crippen LogP contribution in [0.4, 0.5) is 11.4 Å². The van der Waals surface area contributed by atoms with Gasteiger partial charge in [-0.2, -0.15) is 0 Å². The summed E-state index contributed by atoms with van der Waals surface area (Å²) in [5.74, 6) is -0.144. The molecular formula is C14H21N3O3. The molecule has 0 saturated carbocycles. The minimum atomic E-state index is -0.484. The molecule has 20 heavy (non-hydrogen) atoms. The average molecular weight is 279 g/mol. The molecule has 0 aliphatic heterocycles. The van der Waals surface area contributed by atoms with E-state index in [0.717, 1.165) is 17.5 Å². The minimum Gasteiger partial charge on any atom is -0.330 e. The molecule has 1 atom stereocenters. The molecule has 110 valence electrons. The number of hydrogen-bond acceptors (Lipinski definition) is 4. The Bertz CT molecular complexity index is 511. The molecule has 6 heteroatoms. The van der Waals surface area contributed by atoms with E-state index in [4.69, 9.17) is 5.73 Å². The third-order valence-electron chi connectivity index (χ3n) is 3.47. The highest BCUT2D eigenvalue weighted by molar-refractivity contribution is 5.93. The highest BCUT2D eigenvalue weighted by atomic mass is 16.6. The lowest BCUT2D eigenvalue weighted by Gasteiger charge is -2.13. The number of nitrogens with two attached hydrogens (primary N) is 1. The number of nitrogens with one attached hydrogen (secondary N) is 1. The van der Waals surface area contributed by atoms with Crippen LogP contribution in [0.3, 0.4) is 0 Å². The van der Waals surface area contributed by atoms with E-state index in [1.54, 1.807) is 13.0 Å². The summed E-state index contributed by atoms with van der Waals surface area (Å²) < 4.78 is 0. The number of aryl methyl sites for hydroxylation is 2. The number of carbonyl (C=O) groups excluding carboxylic acids is 1. The Hall–Kier alpha value is -1.95. The number of carbonyl (C=O) groups is 1. The third kappa shape index (κ3) is 4.03. The van der Waals surface area contributed by atoms with E-state index >= 15 is 0 Å². The van der Waals surface area contributed by atoms with Crippen molar-refractivity contribution in [2.45, 2.75) is 33.6 Å². The lowest BCUT2D eigenvalue weighted by atomic mass is 10.0. The highest BCUT2D eigenvalue weighted by Gasteiger charge is 2.18. The molecule has 1 rings (SSSR count). The van der Waals surface area contributed by atoms with Gasteiger partial charge < -0.3 is 11.1 Å². The molecule has 0 aliphatic carbocycles. The normalized spacial score (nSPS) is 12.0. The average Bonchev–Trinajstić information content (AvgIpc) is 2.39. The quantitative estimate of drug-likeness (QED) is 0.617. The van der Waals surface area contributed by atoms with Gasteiger partial charge in [0.1, 0.15) is 5.69 Å². The molecule has 6 nitrogen and oxygen atoms in total. The fourth-order valence-corrected chi connectivity index (χ4v) is 1.91. The topological polar surface area (TPSA) is 98.3 Å². The van der Waals surface area contributed by atoms with Crippen LogP contribution in [0.2, 0.25) is 0 Å². The van der Waals surface area contributed by atoms with Crippen molar-refractivity contribution in [1.82, 2.24) is 0 Å². The summed E-state index contributed by atoms with van der Waals surface area (Å²) in [6, 6.07) is 3.11. The molecule has 0 heterocycles. The predicted molar refractivity (Wildman–Crippen MR) is 78.7 cm³/mol. The van der Waals surface area contributed by atoms with Crippen molar-refractivity contribution in [2.24, 2.45) is 11.7 Å². The van der Waals surface area contributed by atoms with Crippen molar-refractivity contribution in [3.05, 3.63) is 33.4 Å². The fraction of sp³-hybridized carbons (Fsp3) is 0.500. The zero-order chi connectivity index (χ0) is 15.3. The number of hydrogen-bond donors (Lipinski definition) is 2. The van der Waals surface area contributed by atoms with Gasteiger partial charge in [-0.1, -0.05) is 13.3 Å². The van der Waals surface area contributed by atoms with Crippen molar-refractivity contribution in [3.63, 3.8) is 0 Å². The zero-order valence-corrected chi connectivity index (χ0v) is 12.1. The van der Waals surface area contributed by atoms with E-state index in [2.05, 4.69) is 5.32 Å². The molecule has 0 aromatic heterocycles. The summed E-state index contributed by atoms with van der Waals surface area (Å²) >= 11 is 0. The summed E-state index contributed by atoms with van der Waals surface area (Å²) in [4.78, 5) is 22.5. The summed E-state index contributed by atoms with van der Waals surface area (Å²) in [6.45, 7) is 6.04. The van der Waals surface area contributed by atoms with E-state index in [-0.39, 0.29) is 29.6 Å². The van der Waals surface area contributed by atoms with Gasteiger partial charge in [0.05, 0.1) is 4.92 Å². The van der Waals surface area contributed by atoms with Crippen LogP contribution in [0.15, 0.2) is 12.1 Å². The maximum atomic E-state index is 11.9. The number of nitro groups is 1. The molecule has 0 aliphatic rings. The Kier molecular flexibility index (Phi) is 5.64. The van der Waals surface area contributed by atoms with Crippen molar-refractivity contribution in [1.29, 1.82) is 0 Å². The Morgan fingerprint density at radius 3 is 2.50 bits per heavy atom. The van der Waals surface area contributed by atoms with Gasteiger partial charge in [0.15, 0.2) is 0 Å². The maximum Gasteiger partial charge on any atom is 0.293 e. The van der Waals surface area contributed by atoms with Gasteiger partial charge in [-0.25, -0.2) is 0 Å². The lowest BCUT2D eigenvalue weighted by Crippen LogP contribution is -2.22. The number of nitro benzene ring substituents is 1. The zero-order valence-electron chi connectivity index (χ0n) is 12.1. The SMILES string of the molecule is CCC(CN)CC(=O)Nc1cc(C)c(C)cc1[N+](=O)[O-]. The first kappa shape index (κ1) is 16.1. The van der Waals surface area contributed by atoms with Crippen molar-refractivity contribution < 1.29 is 9.72 Å². The van der Waals surface area contributed by atoms with Gasteiger partial charge in [0, 0.05) is 12.5 Å². The number of amides is 1. The molecule has 0 saturated heterocycles. The van der Waals surface area contributed by atoms with Gasteiger partial charge in [-0.3, -0.25) is 14.9 Å². The van der Waals surface area contributed by atoms with Crippen molar-refractivity contribution in [3.8, 4) is 0 Å². The second-order valence-corrected chi connectivity index (χ2v) is 4.97. The summed E-state index contributed by atoms with van der Waals surface area (Å²) in [5.41, 5.74) is 7.45. The molecule has 0 bridgehead atoms. The molecule has 0 spiro atoms. The van der Waals surface area contributed by atoms with Crippen LogP contribution in [-0.4, -0.2) is 17.4 Å². The highest BCUT2D eigenvalue weighted by Crippen LogP contribution is 2.28. The van der Waals surface area contributed by atoms with E-state index in [9.17, 15) is 14.9 Å². The summed E-state index contributed by atoms with van der Waals surface area (Å²) in [7, 11) is 0. The molecule has 0 fully saturated rings. The Morgan fingerprint density at radius 2 is 2.00 bits per heavy atom. The molecular weight excluding hydrogens is 258 g/mol. The standard InChI is InChI=1S/C14H21N3O3/c1-4-11(8-15)7-14(18)16-12-5-9(2)10(3)6-13(12)17(19)20/h5-6,11H,4,7-8,15H2,1-3H3,(H,16,18). The van der Waals surface area contributed by atoms with E-state index in [0.29, 0.717) is 6.54 Å². The Labute approximate surface area is 118 Å².